The third kappa shape index (κ3) is 1.84. The lowest BCUT2D eigenvalue weighted by Crippen LogP contribution is -1.97. The number of aryl methyl sites for hydroxylation is 2. The van der Waals surface area contributed by atoms with Gasteiger partial charge in [-0.3, -0.25) is 4.98 Å². The molecule has 66 valence electrons. The molecular weight excluding hydrogens is 146 g/mol. The molecule has 12 heavy (non-hydrogen) atoms. The fraction of sp³-hybridized carbons (Fsp3) is 0.545. The molecule has 0 aliphatic carbocycles. The van der Waals surface area contributed by atoms with Gasteiger partial charge in [0, 0.05) is 11.9 Å². The number of rotatable bonds is 2. The minimum absolute atomic E-state index is 0.587. The Hall–Kier alpha value is -0.850. The van der Waals surface area contributed by atoms with E-state index in [-0.39, 0.29) is 0 Å². The van der Waals surface area contributed by atoms with Gasteiger partial charge < -0.3 is 0 Å². The number of hydrogen-bond donors (Lipinski definition) is 0. The summed E-state index contributed by atoms with van der Waals surface area (Å²) in [7, 11) is 0. The summed E-state index contributed by atoms with van der Waals surface area (Å²) in [6.45, 7) is 8.66. The Morgan fingerprint density at radius 2 is 2.00 bits per heavy atom. The van der Waals surface area contributed by atoms with E-state index < -0.39 is 0 Å². The van der Waals surface area contributed by atoms with E-state index in [1.54, 1.807) is 0 Å². The zero-order valence-electron chi connectivity index (χ0n) is 8.39. The molecule has 1 atom stereocenters. The van der Waals surface area contributed by atoms with Crippen LogP contribution in [0.5, 0.6) is 0 Å². The van der Waals surface area contributed by atoms with Gasteiger partial charge in [0.2, 0.25) is 0 Å². The highest BCUT2D eigenvalue weighted by atomic mass is 14.7. The monoisotopic (exact) mass is 163 g/mol. The summed E-state index contributed by atoms with van der Waals surface area (Å²) in [5.41, 5.74) is 3.85. The SMILES string of the molecule is CC[C@H](C)c1cc(C)c(C)cn1. The quantitative estimate of drug-likeness (QED) is 0.652. The molecule has 0 fully saturated rings. The summed E-state index contributed by atoms with van der Waals surface area (Å²) < 4.78 is 0. The van der Waals surface area contributed by atoms with Crippen molar-refractivity contribution in [3.63, 3.8) is 0 Å². The van der Waals surface area contributed by atoms with E-state index in [1.807, 2.05) is 6.20 Å². The maximum atomic E-state index is 4.41. The van der Waals surface area contributed by atoms with E-state index in [1.165, 1.54) is 16.8 Å². The van der Waals surface area contributed by atoms with Crippen LogP contribution in [-0.4, -0.2) is 4.98 Å². The summed E-state index contributed by atoms with van der Waals surface area (Å²) in [5, 5.41) is 0. The van der Waals surface area contributed by atoms with Crippen LogP contribution in [0.2, 0.25) is 0 Å². The molecule has 1 aromatic heterocycles. The summed E-state index contributed by atoms with van der Waals surface area (Å²) in [6, 6.07) is 2.20. The van der Waals surface area contributed by atoms with Gasteiger partial charge in [-0.2, -0.15) is 0 Å². The van der Waals surface area contributed by atoms with Gasteiger partial charge in [-0.05, 0) is 43.4 Å². The summed E-state index contributed by atoms with van der Waals surface area (Å²) in [6.07, 6.45) is 3.13. The second kappa shape index (κ2) is 3.70. The van der Waals surface area contributed by atoms with Gasteiger partial charge in [0.15, 0.2) is 0 Å². The maximum absolute atomic E-state index is 4.41. The third-order valence-corrected chi connectivity index (χ3v) is 2.51. The van der Waals surface area contributed by atoms with Crippen LogP contribution < -0.4 is 0 Å². The molecule has 0 saturated heterocycles. The molecule has 0 unspecified atom stereocenters. The summed E-state index contributed by atoms with van der Waals surface area (Å²) in [5.74, 6) is 0.587. The molecule has 1 heterocycles. The standard InChI is InChI=1S/C11H17N/c1-5-8(2)11-6-9(3)10(4)7-12-11/h6-8H,5H2,1-4H3/t8-/m0/s1. The normalized spacial score (nSPS) is 13.0. The van der Waals surface area contributed by atoms with Crippen molar-refractivity contribution in [1.29, 1.82) is 0 Å². The number of nitrogens with zero attached hydrogens (tertiary/aromatic N) is 1. The molecule has 0 aromatic carbocycles. The lowest BCUT2D eigenvalue weighted by molar-refractivity contribution is 0.706. The van der Waals surface area contributed by atoms with Crippen molar-refractivity contribution in [2.75, 3.05) is 0 Å². The molecular formula is C11H17N. The van der Waals surface area contributed by atoms with Crippen LogP contribution in [0.3, 0.4) is 0 Å². The molecule has 1 heteroatoms. The first-order chi connectivity index (χ1) is 5.65. The lowest BCUT2D eigenvalue weighted by Gasteiger charge is -2.09. The summed E-state index contributed by atoms with van der Waals surface area (Å²) >= 11 is 0. The molecule has 0 saturated carbocycles. The molecule has 0 radical (unpaired) electrons. The molecule has 0 amide bonds. The number of hydrogen-bond acceptors (Lipinski definition) is 1. The lowest BCUT2D eigenvalue weighted by atomic mass is 10.0. The second-order valence-corrected chi connectivity index (χ2v) is 3.50. The highest BCUT2D eigenvalue weighted by Crippen LogP contribution is 2.18. The Bertz CT molecular complexity index is 266. The molecule has 0 aliphatic heterocycles. The van der Waals surface area contributed by atoms with E-state index in [9.17, 15) is 0 Å². The van der Waals surface area contributed by atoms with Crippen molar-refractivity contribution < 1.29 is 0 Å². The van der Waals surface area contributed by atoms with Gasteiger partial charge in [0.25, 0.3) is 0 Å². The first-order valence-electron chi connectivity index (χ1n) is 4.58. The van der Waals surface area contributed by atoms with E-state index in [2.05, 4.69) is 38.7 Å². The smallest absolute Gasteiger partial charge is 0.0434 e. The average molecular weight is 163 g/mol. The van der Waals surface area contributed by atoms with Crippen LogP contribution >= 0.6 is 0 Å². The zero-order chi connectivity index (χ0) is 9.14. The zero-order valence-corrected chi connectivity index (χ0v) is 8.39. The third-order valence-electron chi connectivity index (χ3n) is 2.51. The molecule has 1 rings (SSSR count). The fourth-order valence-electron chi connectivity index (χ4n) is 1.12. The van der Waals surface area contributed by atoms with E-state index in [0.717, 1.165) is 6.42 Å². The Morgan fingerprint density at radius 3 is 2.50 bits per heavy atom. The minimum Gasteiger partial charge on any atom is -0.261 e. The topological polar surface area (TPSA) is 12.9 Å². The van der Waals surface area contributed by atoms with E-state index >= 15 is 0 Å². The Morgan fingerprint density at radius 1 is 1.33 bits per heavy atom. The van der Waals surface area contributed by atoms with Gasteiger partial charge in [-0.15, -0.1) is 0 Å². The van der Waals surface area contributed by atoms with Crippen molar-refractivity contribution in [2.45, 2.75) is 40.0 Å². The van der Waals surface area contributed by atoms with E-state index in [4.69, 9.17) is 0 Å². The largest absolute Gasteiger partial charge is 0.261 e. The average Bonchev–Trinajstić information content (AvgIpc) is 2.08. The van der Waals surface area contributed by atoms with Crippen LogP contribution in [0.25, 0.3) is 0 Å². The Labute approximate surface area is 74.8 Å². The Kier molecular flexibility index (Phi) is 2.85. The summed E-state index contributed by atoms with van der Waals surface area (Å²) in [4.78, 5) is 4.41. The van der Waals surface area contributed by atoms with Crippen LogP contribution in [0.15, 0.2) is 12.3 Å². The highest BCUT2D eigenvalue weighted by Gasteiger charge is 2.04. The van der Waals surface area contributed by atoms with Crippen LogP contribution in [0.1, 0.15) is 43.0 Å². The predicted octanol–water partition coefficient (Wildman–Crippen LogP) is 3.21. The maximum Gasteiger partial charge on any atom is 0.0434 e. The fourth-order valence-corrected chi connectivity index (χ4v) is 1.12. The van der Waals surface area contributed by atoms with Crippen LogP contribution in [0, 0.1) is 13.8 Å². The molecule has 1 aromatic rings. The first-order valence-corrected chi connectivity index (χ1v) is 4.58. The van der Waals surface area contributed by atoms with Gasteiger partial charge in [-0.25, -0.2) is 0 Å². The molecule has 0 N–H and O–H groups in total. The second-order valence-electron chi connectivity index (χ2n) is 3.50. The molecule has 0 aliphatic rings. The molecule has 1 nitrogen and oxygen atoms in total. The van der Waals surface area contributed by atoms with Gasteiger partial charge in [0.05, 0.1) is 0 Å². The van der Waals surface area contributed by atoms with Crippen molar-refractivity contribution in [3.05, 3.63) is 29.1 Å². The highest BCUT2D eigenvalue weighted by molar-refractivity contribution is 5.25. The molecule has 0 spiro atoms. The first kappa shape index (κ1) is 9.24. The van der Waals surface area contributed by atoms with Crippen molar-refractivity contribution >= 4 is 0 Å². The van der Waals surface area contributed by atoms with Crippen molar-refractivity contribution in [3.8, 4) is 0 Å². The number of pyridine rings is 1. The van der Waals surface area contributed by atoms with Crippen LogP contribution in [0.4, 0.5) is 0 Å². The minimum atomic E-state index is 0.587. The van der Waals surface area contributed by atoms with Gasteiger partial charge in [-0.1, -0.05) is 13.8 Å². The molecule has 0 bridgehead atoms. The number of aromatic nitrogens is 1. The van der Waals surface area contributed by atoms with Gasteiger partial charge in [0.1, 0.15) is 0 Å². The van der Waals surface area contributed by atoms with E-state index in [0.29, 0.717) is 5.92 Å². The van der Waals surface area contributed by atoms with Crippen molar-refractivity contribution in [2.24, 2.45) is 0 Å². The predicted molar refractivity (Wildman–Crippen MR) is 52.4 cm³/mol. The van der Waals surface area contributed by atoms with Crippen LogP contribution in [-0.2, 0) is 0 Å². The van der Waals surface area contributed by atoms with Crippen molar-refractivity contribution in [1.82, 2.24) is 4.98 Å². The Balaban J connectivity index is 2.96. The van der Waals surface area contributed by atoms with Gasteiger partial charge >= 0.3 is 0 Å².